The van der Waals surface area contributed by atoms with Gasteiger partial charge in [-0.3, -0.25) is 4.57 Å². The molecule has 138 valence electrons. The van der Waals surface area contributed by atoms with E-state index in [1.165, 1.54) is 12.4 Å². The average Bonchev–Trinajstić information content (AvgIpc) is 3.04. The Hall–Kier alpha value is -3.14. The van der Waals surface area contributed by atoms with Gasteiger partial charge in [0.25, 0.3) is 0 Å². The van der Waals surface area contributed by atoms with Gasteiger partial charge in [0, 0.05) is 5.39 Å². The second-order valence-electron chi connectivity index (χ2n) is 5.58. The minimum absolute atomic E-state index is 0.0133. The lowest BCUT2D eigenvalue weighted by Gasteiger charge is -2.12. The summed E-state index contributed by atoms with van der Waals surface area (Å²) in [5.74, 6) is -0.146. The van der Waals surface area contributed by atoms with Crippen molar-refractivity contribution in [3.05, 3.63) is 60.9 Å². The molecular formula is C17H10F3N3O3S. The predicted octanol–water partition coefficient (Wildman–Crippen LogP) is 3.80. The van der Waals surface area contributed by atoms with Gasteiger partial charge in [0.05, 0.1) is 11.0 Å². The van der Waals surface area contributed by atoms with E-state index in [-0.39, 0.29) is 5.52 Å². The summed E-state index contributed by atoms with van der Waals surface area (Å²) in [6.45, 7) is 0. The van der Waals surface area contributed by atoms with Gasteiger partial charge in [-0.2, -0.15) is 21.6 Å². The highest BCUT2D eigenvalue weighted by Crippen LogP contribution is 2.31. The van der Waals surface area contributed by atoms with E-state index in [2.05, 4.69) is 14.2 Å². The zero-order valence-electron chi connectivity index (χ0n) is 13.4. The number of alkyl halides is 3. The average molecular weight is 393 g/mol. The SMILES string of the molecule is O=S(=O)(Oc1cccc2ccc(-n3cnc4ccccc43)nc12)C(F)(F)F. The van der Waals surface area contributed by atoms with E-state index in [1.54, 1.807) is 28.8 Å². The highest BCUT2D eigenvalue weighted by atomic mass is 32.2. The van der Waals surface area contributed by atoms with Gasteiger partial charge in [-0.05, 0) is 30.3 Å². The fourth-order valence-corrected chi connectivity index (χ4v) is 3.08. The van der Waals surface area contributed by atoms with E-state index in [9.17, 15) is 21.6 Å². The van der Waals surface area contributed by atoms with Crippen LogP contribution in [0, 0.1) is 0 Å². The fraction of sp³-hybridized carbons (Fsp3) is 0.0588. The fourth-order valence-electron chi connectivity index (χ4n) is 2.62. The molecule has 2 aromatic carbocycles. The van der Waals surface area contributed by atoms with Crippen molar-refractivity contribution in [1.82, 2.24) is 14.5 Å². The molecule has 0 N–H and O–H groups in total. The number of pyridine rings is 1. The number of aromatic nitrogens is 3. The number of hydrogen-bond acceptors (Lipinski definition) is 5. The van der Waals surface area contributed by atoms with E-state index < -0.39 is 21.4 Å². The molecule has 2 aromatic heterocycles. The smallest absolute Gasteiger partial charge is 0.374 e. The molecule has 0 spiro atoms. The Morgan fingerprint density at radius 3 is 2.52 bits per heavy atom. The Morgan fingerprint density at radius 2 is 1.74 bits per heavy atom. The molecule has 4 rings (SSSR count). The Bertz CT molecular complexity index is 1270. The van der Waals surface area contributed by atoms with Crippen molar-refractivity contribution < 1.29 is 25.8 Å². The van der Waals surface area contributed by atoms with Crippen LogP contribution in [0.15, 0.2) is 60.9 Å². The van der Waals surface area contributed by atoms with Crippen LogP contribution in [0.1, 0.15) is 0 Å². The van der Waals surface area contributed by atoms with Crippen molar-refractivity contribution >= 4 is 32.1 Å². The van der Waals surface area contributed by atoms with E-state index >= 15 is 0 Å². The van der Waals surface area contributed by atoms with Crippen LogP contribution in [0.5, 0.6) is 5.75 Å². The Labute approximate surface area is 151 Å². The molecule has 0 saturated heterocycles. The number of para-hydroxylation sites is 3. The molecule has 4 aromatic rings. The molecule has 0 aliphatic carbocycles. The van der Waals surface area contributed by atoms with Gasteiger partial charge in [0.15, 0.2) is 5.75 Å². The topological polar surface area (TPSA) is 74.1 Å². The standard InChI is InChI=1S/C17H10F3N3O3S/c18-17(19,20)27(24,25)26-14-7-3-4-11-8-9-15(22-16(11)14)23-10-21-12-5-1-2-6-13(12)23/h1-10H. The van der Waals surface area contributed by atoms with E-state index in [1.807, 2.05) is 18.2 Å². The molecule has 0 fully saturated rings. The molecule has 0 atom stereocenters. The Morgan fingerprint density at radius 1 is 0.963 bits per heavy atom. The van der Waals surface area contributed by atoms with Crippen molar-refractivity contribution in [3.8, 4) is 11.6 Å². The lowest BCUT2D eigenvalue weighted by atomic mass is 10.2. The molecule has 0 radical (unpaired) electrons. The third kappa shape index (κ3) is 2.97. The van der Waals surface area contributed by atoms with Crippen LogP contribution in [-0.2, 0) is 10.1 Å². The molecule has 27 heavy (non-hydrogen) atoms. The van der Waals surface area contributed by atoms with Crippen molar-refractivity contribution in [2.24, 2.45) is 0 Å². The number of hydrogen-bond donors (Lipinski definition) is 0. The highest BCUT2D eigenvalue weighted by molar-refractivity contribution is 7.88. The summed E-state index contributed by atoms with van der Waals surface area (Å²) in [4.78, 5) is 8.54. The molecule has 0 amide bonds. The van der Waals surface area contributed by atoms with Crippen molar-refractivity contribution in [2.75, 3.05) is 0 Å². The van der Waals surface area contributed by atoms with Crippen LogP contribution >= 0.6 is 0 Å². The summed E-state index contributed by atoms with van der Waals surface area (Å²) in [6.07, 6.45) is 1.52. The second-order valence-corrected chi connectivity index (χ2v) is 7.12. The van der Waals surface area contributed by atoms with Crippen LogP contribution in [0.3, 0.4) is 0 Å². The molecule has 0 saturated carbocycles. The molecule has 0 aliphatic heterocycles. The molecule has 0 bridgehead atoms. The highest BCUT2D eigenvalue weighted by Gasteiger charge is 2.48. The number of benzene rings is 2. The summed E-state index contributed by atoms with van der Waals surface area (Å²) in [5, 5.41) is 0.429. The zero-order valence-corrected chi connectivity index (χ0v) is 14.2. The molecule has 0 aliphatic rings. The van der Waals surface area contributed by atoms with E-state index in [4.69, 9.17) is 0 Å². The van der Waals surface area contributed by atoms with Crippen molar-refractivity contribution in [2.45, 2.75) is 5.51 Å². The largest absolute Gasteiger partial charge is 0.534 e. The quantitative estimate of drug-likeness (QED) is 0.391. The minimum atomic E-state index is -5.80. The number of rotatable bonds is 3. The van der Waals surface area contributed by atoms with Gasteiger partial charge in [0.1, 0.15) is 17.7 Å². The van der Waals surface area contributed by atoms with Crippen LogP contribution in [0.25, 0.3) is 27.8 Å². The normalized spacial score (nSPS) is 12.6. The first-order valence-electron chi connectivity index (χ1n) is 7.59. The maximum Gasteiger partial charge on any atom is 0.534 e. The third-order valence-corrected chi connectivity index (χ3v) is 4.82. The first kappa shape index (κ1) is 17.3. The maximum absolute atomic E-state index is 12.7. The maximum atomic E-state index is 12.7. The van der Waals surface area contributed by atoms with Gasteiger partial charge in [-0.25, -0.2) is 9.97 Å². The third-order valence-electron chi connectivity index (χ3n) is 3.85. The van der Waals surface area contributed by atoms with Crippen molar-refractivity contribution in [3.63, 3.8) is 0 Å². The summed E-state index contributed by atoms with van der Waals surface area (Å²) >= 11 is 0. The number of fused-ring (bicyclic) bond motifs is 2. The van der Waals surface area contributed by atoms with Gasteiger partial charge in [0.2, 0.25) is 0 Å². The molecule has 10 heteroatoms. The van der Waals surface area contributed by atoms with Gasteiger partial charge >= 0.3 is 15.6 Å². The summed E-state index contributed by atoms with van der Waals surface area (Å²) in [5.41, 5.74) is -4.09. The lowest BCUT2D eigenvalue weighted by Crippen LogP contribution is -2.28. The molecule has 2 heterocycles. The zero-order chi connectivity index (χ0) is 19.2. The number of imidazole rings is 1. The van der Waals surface area contributed by atoms with Gasteiger partial charge in [-0.1, -0.05) is 24.3 Å². The molecule has 6 nitrogen and oxygen atoms in total. The predicted molar refractivity (Wildman–Crippen MR) is 92.0 cm³/mol. The van der Waals surface area contributed by atoms with Crippen molar-refractivity contribution in [1.29, 1.82) is 0 Å². The Balaban J connectivity index is 1.87. The minimum Gasteiger partial charge on any atom is -0.374 e. The van der Waals surface area contributed by atoms with Crippen LogP contribution in [0.4, 0.5) is 13.2 Å². The summed E-state index contributed by atoms with van der Waals surface area (Å²) < 4.78 is 66.6. The summed E-state index contributed by atoms with van der Waals surface area (Å²) in [6, 6.07) is 14.6. The summed E-state index contributed by atoms with van der Waals surface area (Å²) in [7, 11) is -5.80. The number of halogens is 3. The van der Waals surface area contributed by atoms with Crippen LogP contribution < -0.4 is 4.18 Å². The second kappa shape index (κ2) is 5.95. The van der Waals surface area contributed by atoms with Crippen LogP contribution in [-0.4, -0.2) is 28.5 Å². The first-order chi connectivity index (χ1) is 12.8. The van der Waals surface area contributed by atoms with E-state index in [0.717, 1.165) is 11.6 Å². The van der Waals surface area contributed by atoms with Gasteiger partial charge < -0.3 is 4.18 Å². The Kier molecular flexibility index (Phi) is 3.81. The lowest BCUT2D eigenvalue weighted by molar-refractivity contribution is -0.0499. The van der Waals surface area contributed by atoms with Crippen LogP contribution in [0.2, 0.25) is 0 Å². The monoisotopic (exact) mass is 393 g/mol. The molecular weight excluding hydrogens is 383 g/mol. The molecule has 0 unspecified atom stereocenters. The first-order valence-corrected chi connectivity index (χ1v) is 9.00. The number of nitrogens with zero attached hydrogens (tertiary/aromatic N) is 3. The van der Waals surface area contributed by atoms with Gasteiger partial charge in [-0.15, -0.1) is 0 Å². The van der Waals surface area contributed by atoms with E-state index in [0.29, 0.717) is 16.7 Å².